The topological polar surface area (TPSA) is 38.7 Å². The summed E-state index contributed by atoms with van der Waals surface area (Å²) in [5.41, 5.74) is 0.827. The van der Waals surface area contributed by atoms with Crippen LogP contribution in [0.5, 0.6) is 0 Å². The van der Waals surface area contributed by atoms with E-state index in [0.29, 0.717) is 24.7 Å². The van der Waals surface area contributed by atoms with E-state index >= 15 is 0 Å². The van der Waals surface area contributed by atoms with E-state index in [1.165, 1.54) is 5.56 Å². The third-order valence-corrected chi connectivity index (χ3v) is 6.29. The first-order valence-corrected chi connectivity index (χ1v) is 8.32. The molecule has 0 radical (unpaired) electrons. The van der Waals surface area contributed by atoms with Crippen molar-refractivity contribution in [3.8, 4) is 0 Å². The molecule has 0 amide bonds. The van der Waals surface area contributed by atoms with Crippen LogP contribution < -0.4 is 0 Å². The number of Topliss-reactive ketones (excluding diaryl/α,β-unsaturated/α-hetero) is 1. The fourth-order valence-corrected chi connectivity index (χ4v) is 4.82. The highest BCUT2D eigenvalue weighted by Crippen LogP contribution is 2.64. The van der Waals surface area contributed by atoms with Gasteiger partial charge in [0, 0.05) is 6.42 Å². The predicted octanol–water partition coefficient (Wildman–Crippen LogP) is 3.42. The SMILES string of the molecule is CC1(C)[C@@H]2CC[C@]1(C1=NC(Cc3ccccc3)CO1)C(=O)C2. The van der Waals surface area contributed by atoms with Crippen LogP contribution in [0.4, 0.5) is 0 Å². The molecule has 116 valence electrons. The van der Waals surface area contributed by atoms with Crippen molar-refractivity contribution >= 4 is 11.7 Å². The van der Waals surface area contributed by atoms with E-state index in [2.05, 4.69) is 38.1 Å². The van der Waals surface area contributed by atoms with Gasteiger partial charge in [0.05, 0.1) is 6.04 Å². The summed E-state index contributed by atoms with van der Waals surface area (Å²) in [6.07, 6.45) is 3.64. The lowest BCUT2D eigenvalue weighted by atomic mass is 9.68. The highest BCUT2D eigenvalue weighted by molar-refractivity contribution is 6.10. The van der Waals surface area contributed by atoms with Crippen LogP contribution in [-0.2, 0) is 16.0 Å². The smallest absolute Gasteiger partial charge is 0.198 e. The maximum Gasteiger partial charge on any atom is 0.198 e. The van der Waals surface area contributed by atoms with Gasteiger partial charge in [-0.15, -0.1) is 0 Å². The molecule has 1 aromatic carbocycles. The van der Waals surface area contributed by atoms with Gasteiger partial charge in [0.25, 0.3) is 0 Å². The van der Waals surface area contributed by atoms with Gasteiger partial charge < -0.3 is 4.74 Å². The summed E-state index contributed by atoms with van der Waals surface area (Å²) in [5.74, 6) is 1.59. The van der Waals surface area contributed by atoms with Gasteiger partial charge in [-0.1, -0.05) is 44.2 Å². The van der Waals surface area contributed by atoms with Crippen molar-refractivity contribution < 1.29 is 9.53 Å². The number of fused-ring (bicyclic) bond motifs is 2. The Bertz CT molecular complexity index is 634. The number of rotatable bonds is 3. The Labute approximate surface area is 131 Å². The molecule has 1 unspecified atom stereocenters. The van der Waals surface area contributed by atoms with Crippen LogP contribution in [0.1, 0.15) is 38.7 Å². The van der Waals surface area contributed by atoms with Crippen LogP contribution in [0.2, 0.25) is 0 Å². The lowest BCUT2D eigenvalue weighted by Gasteiger charge is -2.35. The van der Waals surface area contributed by atoms with Crippen molar-refractivity contribution in [1.82, 2.24) is 0 Å². The minimum atomic E-state index is -0.441. The molecule has 22 heavy (non-hydrogen) atoms. The number of benzene rings is 1. The molecule has 0 saturated heterocycles. The van der Waals surface area contributed by atoms with Gasteiger partial charge in [0.2, 0.25) is 0 Å². The average molecular weight is 297 g/mol. The van der Waals surface area contributed by atoms with Crippen molar-refractivity contribution in [3.63, 3.8) is 0 Å². The summed E-state index contributed by atoms with van der Waals surface area (Å²) in [7, 11) is 0. The van der Waals surface area contributed by atoms with E-state index in [-0.39, 0.29) is 11.5 Å². The average Bonchev–Trinajstić information content (AvgIpc) is 3.10. The molecule has 0 aromatic heterocycles. The Morgan fingerprint density at radius 2 is 2.05 bits per heavy atom. The van der Waals surface area contributed by atoms with Gasteiger partial charge >= 0.3 is 0 Å². The van der Waals surface area contributed by atoms with E-state index in [9.17, 15) is 4.79 Å². The quantitative estimate of drug-likeness (QED) is 0.857. The van der Waals surface area contributed by atoms with Crippen LogP contribution in [0, 0.1) is 16.7 Å². The maximum atomic E-state index is 12.7. The maximum absolute atomic E-state index is 12.7. The molecule has 3 aliphatic rings. The normalized spacial score (nSPS) is 35.5. The molecule has 2 bridgehead atoms. The number of carbonyl (C=O) groups is 1. The number of ether oxygens (including phenoxy) is 1. The third kappa shape index (κ3) is 1.74. The number of hydrogen-bond donors (Lipinski definition) is 0. The Hall–Kier alpha value is -1.64. The van der Waals surface area contributed by atoms with Crippen LogP contribution in [-0.4, -0.2) is 24.3 Å². The van der Waals surface area contributed by atoms with Gasteiger partial charge in [-0.2, -0.15) is 0 Å². The molecule has 3 heteroatoms. The first-order valence-electron chi connectivity index (χ1n) is 8.32. The van der Waals surface area contributed by atoms with Crippen molar-refractivity contribution in [2.45, 2.75) is 45.6 Å². The number of hydrogen-bond acceptors (Lipinski definition) is 3. The molecule has 3 nitrogen and oxygen atoms in total. The molecular formula is C19H23NO2. The molecule has 2 saturated carbocycles. The molecule has 1 aliphatic heterocycles. The van der Waals surface area contributed by atoms with E-state index in [1.807, 2.05) is 6.07 Å². The molecule has 1 heterocycles. The van der Waals surface area contributed by atoms with Crippen LogP contribution in [0.3, 0.4) is 0 Å². The fraction of sp³-hybridized carbons (Fsp3) is 0.579. The summed E-state index contributed by atoms with van der Waals surface area (Å²) in [4.78, 5) is 17.5. The Morgan fingerprint density at radius 1 is 1.27 bits per heavy atom. The number of carbonyl (C=O) groups excluding carboxylic acids is 1. The van der Waals surface area contributed by atoms with Gasteiger partial charge in [0.15, 0.2) is 5.90 Å². The first kappa shape index (κ1) is 14.0. The lowest BCUT2D eigenvalue weighted by Crippen LogP contribution is -2.43. The predicted molar refractivity (Wildman–Crippen MR) is 85.9 cm³/mol. The Balaban J connectivity index is 1.61. The monoisotopic (exact) mass is 297 g/mol. The second kappa shape index (κ2) is 4.68. The summed E-state index contributed by atoms with van der Waals surface area (Å²) >= 11 is 0. The minimum Gasteiger partial charge on any atom is -0.478 e. The van der Waals surface area contributed by atoms with E-state index < -0.39 is 5.41 Å². The zero-order valence-electron chi connectivity index (χ0n) is 13.3. The second-order valence-electron chi connectivity index (χ2n) is 7.58. The molecule has 1 aromatic rings. The van der Waals surface area contributed by atoms with Crippen molar-refractivity contribution in [2.75, 3.05) is 6.61 Å². The van der Waals surface area contributed by atoms with Gasteiger partial charge in [-0.3, -0.25) is 4.79 Å². The number of aliphatic imine (C=N–C) groups is 1. The van der Waals surface area contributed by atoms with Gasteiger partial charge in [0.1, 0.15) is 17.8 Å². The fourth-order valence-electron chi connectivity index (χ4n) is 4.82. The summed E-state index contributed by atoms with van der Waals surface area (Å²) in [5, 5.41) is 0. The molecule has 2 aliphatic carbocycles. The second-order valence-corrected chi connectivity index (χ2v) is 7.58. The van der Waals surface area contributed by atoms with E-state index in [0.717, 1.165) is 25.2 Å². The number of nitrogens with zero attached hydrogens (tertiary/aromatic N) is 1. The first-order chi connectivity index (χ1) is 10.5. The standard InChI is InChI=1S/C19H23NO2/c1-18(2)14-8-9-19(18,16(21)11-14)17-20-15(12-22-17)10-13-6-4-3-5-7-13/h3-7,14-15H,8-12H2,1-2H3/t14-,15?,19-/m1/s1. The van der Waals surface area contributed by atoms with Crippen molar-refractivity contribution in [3.05, 3.63) is 35.9 Å². The molecule has 2 fully saturated rings. The summed E-state index contributed by atoms with van der Waals surface area (Å²) in [6.45, 7) is 5.07. The molecule has 0 spiro atoms. The van der Waals surface area contributed by atoms with Crippen LogP contribution in [0.15, 0.2) is 35.3 Å². The molecule has 0 N–H and O–H groups in total. The zero-order chi connectivity index (χ0) is 15.4. The highest BCUT2D eigenvalue weighted by atomic mass is 16.5. The summed E-state index contributed by atoms with van der Waals surface area (Å²) < 4.78 is 5.98. The van der Waals surface area contributed by atoms with E-state index in [1.54, 1.807) is 0 Å². The Kier molecular flexibility index (Phi) is 2.97. The molecule has 3 atom stereocenters. The third-order valence-electron chi connectivity index (χ3n) is 6.29. The Morgan fingerprint density at radius 3 is 2.68 bits per heavy atom. The van der Waals surface area contributed by atoms with Crippen LogP contribution in [0.25, 0.3) is 0 Å². The molecular weight excluding hydrogens is 274 g/mol. The molecule has 4 rings (SSSR count). The van der Waals surface area contributed by atoms with Gasteiger partial charge in [-0.25, -0.2) is 4.99 Å². The number of ketones is 1. The van der Waals surface area contributed by atoms with Gasteiger partial charge in [-0.05, 0) is 36.2 Å². The van der Waals surface area contributed by atoms with E-state index in [4.69, 9.17) is 9.73 Å². The van der Waals surface area contributed by atoms with Crippen molar-refractivity contribution in [1.29, 1.82) is 0 Å². The van der Waals surface area contributed by atoms with Crippen molar-refractivity contribution in [2.24, 2.45) is 21.7 Å². The van der Waals surface area contributed by atoms with Crippen LogP contribution >= 0.6 is 0 Å². The highest BCUT2D eigenvalue weighted by Gasteiger charge is 2.68. The lowest BCUT2D eigenvalue weighted by molar-refractivity contribution is -0.126. The zero-order valence-corrected chi connectivity index (χ0v) is 13.3. The minimum absolute atomic E-state index is 0.00937. The summed E-state index contributed by atoms with van der Waals surface area (Å²) in [6, 6.07) is 10.5. The largest absolute Gasteiger partial charge is 0.478 e.